The number of hydrogen-bond donors (Lipinski definition) is 1. The molecule has 9 heteroatoms. The van der Waals surface area contributed by atoms with Crippen molar-refractivity contribution in [2.75, 3.05) is 44.2 Å². The van der Waals surface area contributed by atoms with E-state index in [0.717, 1.165) is 39.8 Å². The number of nitrogens with zero attached hydrogens (tertiary/aromatic N) is 4. The molecule has 8 nitrogen and oxygen atoms in total. The first-order valence-electron chi connectivity index (χ1n) is 10.6. The maximum atomic E-state index is 12.5. The second kappa shape index (κ2) is 9.55. The summed E-state index contributed by atoms with van der Waals surface area (Å²) in [6, 6.07) is 10.1. The monoisotopic (exact) mass is 487 g/mol. The minimum atomic E-state index is -0.296. The molecule has 1 saturated heterocycles. The van der Waals surface area contributed by atoms with Gasteiger partial charge in [-0.25, -0.2) is 9.78 Å². The Bertz CT molecular complexity index is 1100. The molecule has 3 heterocycles. The lowest BCUT2D eigenvalue weighted by atomic mass is 10.3. The van der Waals surface area contributed by atoms with Crippen LogP contribution < -0.4 is 10.2 Å². The van der Waals surface area contributed by atoms with Crippen molar-refractivity contribution in [2.45, 2.75) is 19.8 Å². The highest BCUT2D eigenvalue weighted by atomic mass is 79.9. The van der Waals surface area contributed by atoms with E-state index >= 15 is 0 Å². The van der Waals surface area contributed by atoms with Gasteiger partial charge in [0.05, 0.1) is 29.6 Å². The third-order valence-corrected chi connectivity index (χ3v) is 5.89. The zero-order valence-electron chi connectivity index (χ0n) is 17.5. The van der Waals surface area contributed by atoms with Crippen molar-refractivity contribution < 1.29 is 14.3 Å². The van der Waals surface area contributed by atoms with Gasteiger partial charge in [0.2, 0.25) is 0 Å². The van der Waals surface area contributed by atoms with Crippen molar-refractivity contribution in [3.63, 3.8) is 0 Å². The molecule has 2 amide bonds. The second-order valence-electron chi connectivity index (χ2n) is 7.45. The van der Waals surface area contributed by atoms with Crippen LogP contribution in [0.1, 0.15) is 19.8 Å². The normalized spacial score (nSPS) is 14.6. The Kier molecular flexibility index (Phi) is 6.60. The third-order valence-electron chi connectivity index (χ3n) is 5.39. The Morgan fingerprint density at radius 3 is 2.87 bits per heavy atom. The van der Waals surface area contributed by atoms with Crippen molar-refractivity contribution in [1.29, 1.82) is 0 Å². The molecule has 2 aromatic heterocycles. The van der Waals surface area contributed by atoms with E-state index in [1.165, 1.54) is 0 Å². The molecule has 164 valence electrons. The van der Waals surface area contributed by atoms with Gasteiger partial charge in [0.15, 0.2) is 5.82 Å². The number of urea groups is 1. The molecule has 0 bridgehead atoms. The Balaban J connectivity index is 1.46. The van der Waals surface area contributed by atoms with Gasteiger partial charge in [0, 0.05) is 43.4 Å². The number of fused-ring (bicyclic) bond motifs is 3. The maximum absolute atomic E-state index is 12.5. The van der Waals surface area contributed by atoms with E-state index in [-0.39, 0.29) is 25.0 Å². The minimum absolute atomic E-state index is 0.144. The van der Waals surface area contributed by atoms with Gasteiger partial charge in [-0.1, -0.05) is 15.9 Å². The first kappa shape index (κ1) is 21.4. The molecule has 0 aliphatic carbocycles. The average molecular weight is 488 g/mol. The molecule has 0 spiro atoms. The first-order chi connectivity index (χ1) is 15.1. The van der Waals surface area contributed by atoms with Crippen LogP contribution in [-0.4, -0.2) is 65.6 Å². The topological polar surface area (TPSA) is 79.2 Å². The number of rotatable bonds is 5. The molecule has 1 aliphatic rings. The van der Waals surface area contributed by atoms with Crippen LogP contribution in [0.25, 0.3) is 16.6 Å². The summed E-state index contributed by atoms with van der Waals surface area (Å²) in [4.78, 5) is 33.0. The van der Waals surface area contributed by atoms with Gasteiger partial charge in [-0.05, 0) is 43.7 Å². The average Bonchev–Trinajstić information content (AvgIpc) is 3.11. The largest absolute Gasteiger partial charge is 0.466 e. The van der Waals surface area contributed by atoms with E-state index in [2.05, 4.69) is 48.9 Å². The molecular weight excluding hydrogens is 462 g/mol. The number of aromatic nitrogens is 2. The lowest BCUT2D eigenvalue weighted by Crippen LogP contribution is -2.42. The molecule has 3 aromatic rings. The fourth-order valence-electron chi connectivity index (χ4n) is 3.92. The van der Waals surface area contributed by atoms with Crippen LogP contribution in [0.15, 0.2) is 41.0 Å². The van der Waals surface area contributed by atoms with Gasteiger partial charge in [0.25, 0.3) is 0 Å². The van der Waals surface area contributed by atoms with E-state index in [9.17, 15) is 9.59 Å². The van der Waals surface area contributed by atoms with Crippen LogP contribution in [0.5, 0.6) is 0 Å². The predicted octanol–water partition coefficient (Wildman–Crippen LogP) is 3.42. The van der Waals surface area contributed by atoms with Gasteiger partial charge in [0.1, 0.15) is 0 Å². The van der Waals surface area contributed by atoms with Crippen molar-refractivity contribution in [3.05, 3.63) is 41.0 Å². The highest BCUT2D eigenvalue weighted by Gasteiger charge is 2.22. The van der Waals surface area contributed by atoms with Crippen LogP contribution in [0.3, 0.4) is 0 Å². The van der Waals surface area contributed by atoms with E-state index < -0.39 is 0 Å². The fraction of sp³-hybridized carbons (Fsp3) is 0.409. The molecule has 1 N–H and O–H groups in total. The molecule has 0 unspecified atom stereocenters. The van der Waals surface area contributed by atoms with Crippen LogP contribution in [-0.2, 0) is 9.53 Å². The smallest absolute Gasteiger partial charge is 0.317 e. The van der Waals surface area contributed by atoms with Crippen LogP contribution >= 0.6 is 15.9 Å². The number of ether oxygens (including phenoxy) is 1. The van der Waals surface area contributed by atoms with E-state index in [1.54, 1.807) is 11.8 Å². The van der Waals surface area contributed by atoms with Crippen LogP contribution in [0.4, 0.5) is 10.6 Å². The Morgan fingerprint density at radius 2 is 2.03 bits per heavy atom. The van der Waals surface area contributed by atoms with E-state index in [0.29, 0.717) is 26.2 Å². The maximum Gasteiger partial charge on any atom is 0.317 e. The number of nitrogens with one attached hydrogen (secondary N) is 1. The van der Waals surface area contributed by atoms with Gasteiger partial charge in [-0.3, -0.25) is 4.79 Å². The summed E-state index contributed by atoms with van der Waals surface area (Å²) in [7, 11) is 0. The molecule has 0 saturated carbocycles. The molecule has 0 atom stereocenters. The Morgan fingerprint density at radius 1 is 1.16 bits per heavy atom. The number of esters is 1. The van der Waals surface area contributed by atoms with Crippen molar-refractivity contribution in [3.8, 4) is 0 Å². The van der Waals surface area contributed by atoms with E-state index in [1.807, 2.05) is 18.2 Å². The zero-order valence-corrected chi connectivity index (χ0v) is 19.1. The van der Waals surface area contributed by atoms with Gasteiger partial charge < -0.3 is 24.3 Å². The molecule has 1 aromatic carbocycles. The predicted molar refractivity (Wildman–Crippen MR) is 123 cm³/mol. The van der Waals surface area contributed by atoms with Gasteiger partial charge in [-0.2, -0.15) is 0 Å². The molecule has 31 heavy (non-hydrogen) atoms. The molecule has 0 radical (unpaired) electrons. The molecule has 1 aliphatic heterocycles. The quantitative estimate of drug-likeness (QED) is 0.557. The van der Waals surface area contributed by atoms with Crippen molar-refractivity contribution in [1.82, 2.24) is 19.6 Å². The number of anilines is 1. The second-order valence-corrected chi connectivity index (χ2v) is 8.36. The summed E-state index contributed by atoms with van der Waals surface area (Å²) < 4.78 is 8.05. The highest BCUT2D eigenvalue weighted by molar-refractivity contribution is 9.10. The third kappa shape index (κ3) is 4.76. The number of hydrogen-bond acceptors (Lipinski definition) is 5. The van der Waals surface area contributed by atoms with Gasteiger partial charge in [-0.15, -0.1) is 0 Å². The van der Waals surface area contributed by atoms with Crippen molar-refractivity contribution in [2.24, 2.45) is 0 Å². The number of amides is 2. The van der Waals surface area contributed by atoms with Gasteiger partial charge >= 0.3 is 12.0 Å². The molecular formula is C22H26BrN5O3. The summed E-state index contributed by atoms with van der Waals surface area (Å²) in [6.07, 6.45) is 3.08. The minimum Gasteiger partial charge on any atom is -0.466 e. The number of carbonyl (C=O) groups is 2. The SMILES string of the molecule is CCOC(=O)CCNC(=O)N1CCCN(c2nc3cc(Br)ccc3n3cccc23)CC1. The summed E-state index contributed by atoms with van der Waals surface area (Å²) in [5.41, 5.74) is 3.04. The zero-order chi connectivity index (χ0) is 21.8. The lowest BCUT2D eigenvalue weighted by Gasteiger charge is -2.24. The summed E-state index contributed by atoms with van der Waals surface area (Å²) in [6.45, 7) is 5.17. The summed E-state index contributed by atoms with van der Waals surface area (Å²) in [5, 5.41) is 2.82. The molecule has 4 rings (SSSR count). The highest BCUT2D eigenvalue weighted by Crippen LogP contribution is 2.27. The lowest BCUT2D eigenvalue weighted by molar-refractivity contribution is -0.142. The standard InChI is InChI=1S/C22H26BrN5O3/c1-2-31-20(29)8-9-24-22(30)27-11-4-10-26(13-14-27)21-19-5-3-12-28(19)18-7-6-16(23)15-17(18)25-21/h3,5-7,12,15H,2,4,8-11,13-14H2,1H3,(H,24,30). The van der Waals surface area contributed by atoms with Crippen LogP contribution in [0.2, 0.25) is 0 Å². The van der Waals surface area contributed by atoms with Crippen molar-refractivity contribution >= 4 is 50.3 Å². The summed E-state index contributed by atoms with van der Waals surface area (Å²) in [5.74, 6) is 0.634. The number of benzene rings is 1. The van der Waals surface area contributed by atoms with Crippen LogP contribution in [0, 0.1) is 0 Å². The Hall–Kier alpha value is -2.81. The number of halogens is 1. The number of carbonyl (C=O) groups excluding carboxylic acids is 2. The molecule has 1 fully saturated rings. The first-order valence-corrected chi connectivity index (χ1v) is 11.4. The fourth-order valence-corrected chi connectivity index (χ4v) is 4.26. The summed E-state index contributed by atoms with van der Waals surface area (Å²) >= 11 is 3.54. The van der Waals surface area contributed by atoms with E-state index in [4.69, 9.17) is 9.72 Å². The Labute approximate surface area is 189 Å².